The lowest BCUT2D eigenvalue weighted by Crippen LogP contribution is -2.41. The third kappa shape index (κ3) is 4.73. The van der Waals surface area contributed by atoms with Crippen LogP contribution >= 0.6 is 15.9 Å². The van der Waals surface area contributed by atoms with Gasteiger partial charge < -0.3 is 16.0 Å². The van der Waals surface area contributed by atoms with Crippen molar-refractivity contribution >= 4 is 27.9 Å². The Hall–Kier alpha value is -1.56. The van der Waals surface area contributed by atoms with Crippen LogP contribution in [0.2, 0.25) is 0 Å². The molecule has 1 saturated heterocycles. The number of hydrogen-bond acceptors (Lipinski definition) is 2. The van der Waals surface area contributed by atoms with Crippen molar-refractivity contribution in [2.45, 2.75) is 32.2 Å². The highest BCUT2D eigenvalue weighted by Gasteiger charge is 2.24. The van der Waals surface area contributed by atoms with E-state index in [2.05, 4.69) is 28.2 Å². The second-order valence-electron chi connectivity index (χ2n) is 5.88. The highest BCUT2D eigenvalue weighted by atomic mass is 79.9. The van der Waals surface area contributed by atoms with Gasteiger partial charge in [0.05, 0.1) is 12.5 Å². The average Bonchev–Trinajstić information content (AvgIpc) is 2.46. The molecule has 3 amide bonds. The zero-order valence-corrected chi connectivity index (χ0v) is 14.3. The molecule has 22 heavy (non-hydrogen) atoms. The van der Waals surface area contributed by atoms with Crippen molar-refractivity contribution < 1.29 is 9.59 Å². The second kappa shape index (κ2) is 7.63. The molecular formula is C16H22BrN3O2. The van der Waals surface area contributed by atoms with Crippen LogP contribution in [0.4, 0.5) is 4.79 Å². The predicted octanol–water partition coefficient (Wildman–Crippen LogP) is 2.81. The number of nitrogens with two attached hydrogens (primary N) is 1. The minimum atomic E-state index is -0.620. The summed E-state index contributed by atoms with van der Waals surface area (Å²) in [5.41, 5.74) is 6.12. The van der Waals surface area contributed by atoms with Crippen LogP contribution < -0.4 is 11.1 Å². The molecule has 1 heterocycles. The van der Waals surface area contributed by atoms with E-state index in [9.17, 15) is 9.59 Å². The number of halogens is 1. The molecule has 0 aromatic heterocycles. The summed E-state index contributed by atoms with van der Waals surface area (Å²) in [6.07, 6.45) is 2.31. The quantitative estimate of drug-likeness (QED) is 0.858. The predicted molar refractivity (Wildman–Crippen MR) is 89.2 cm³/mol. The Labute approximate surface area is 139 Å². The molecule has 6 heteroatoms. The molecule has 5 nitrogen and oxygen atoms in total. The molecule has 2 rings (SSSR count). The fraction of sp³-hybridized carbons (Fsp3) is 0.500. The molecule has 0 radical (unpaired) electrons. The topological polar surface area (TPSA) is 75.4 Å². The van der Waals surface area contributed by atoms with E-state index in [4.69, 9.17) is 5.73 Å². The molecule has 1 atom stereocenters. The number of nitrogens with zero attached hydrogens (tertiary/aromatic N) is 1. The van der Waals surface area contributed by atoms with Crippen molar-refractivity contribution in [1.29, 1.82) is 0 Å². The van der Waals surface area contributed by atoms with Gasteiger partial charge >= 0.3 is 6.03 Å². The lowest BCUT2D eigenvalue weighted by molar-refractivity contribution is -0.133. The van der Waals surface area contributed by atoms with E-state index < -0.39 is 12.1 Å². The largest absolute Gasteiger partial charge is 0.352 e. The summed E-state index contributed by atoms with van der Waals surface area (Å²) in [4.78, 5) is 25.6. The first kappa shape index (κ1) is 16.8. The van der Waals surface area contributed by atoms with E-state index in [0.29, 0.717) is 5.92 Å². The van der Waals surface area contributed by atoms with Crippen LogP contribution in [0, 0.1) is 5.92 Å². The minimum absolute atomic E-state index is 0.0608. The number of primary amides is 1. The SMILES string of the molecule is CC1CCN(C(=O)CC(NC(N)=O)c2cccc(Br)c2)CC1. The Balaban J connectivity index is 2.06. The van der Waals surface area contributed by atoms with Crippen molar-refractivity contribution in [2.75, 3.05) is 13.1 Å². The van der Waals surface area contributed by atoms with Gasteiger partial charge in [-0.1, -0.05) is 35.0 Å². The smallest absolute Gasteiger partial charge is 0.312 e. The molecule has 1 aliphatic rings. The van der Waals surface area contributed by atoms with Gasteiger partial charge in [0.2, 0.25) is 5.91 Å². The molecule has 1 aliphatic heterocycles. The molecule has 0 spiro atoms. The van der Waals surface area contributed by atoms with Gasteiger partial charge in [0.25, 0.3) is 0 Å². The number of urea groups is 1. The molecule has 3 N–H and O–H groups in total. The van der Waals surface area contributed by atoms with Crippen molar-refractivity contribution in [3.8, 4) is 0 Å². The van der Waals surface area contributed by atoms with Gasteiger partial charge in [-0.3, -0.25) is 4.79 Å². The van der Waals surface area contributed by atoms with Crippen molar-refractivity contribution in [3.63, 3.8) is 0 Å². The Kier molecular flexibility index (Phi) is 5.83. The lowest BCUT2D eigenvalue weighted by Gasteiger charge is -2.31. The second-order valence-corrected chi connectivity index (χ2v) is 6.80. The third-order valence-corrected chi connectivity index (χ3v) is 4.58. The van der Waals surface area contributed by atoms with E-state index >= 15 is 0 Å². The van der Waals surface area contributed by atoms with E-state index in [1.807, 2.05) is 29.2 Å². The van der Waals surface area contributed by atoms with Gasteiger partial charge in [-0.05, 0) is 36.5 Å². The van der Waals surface area contributed by atoms with Crippen molar-refractivity contribution in [2.24, 2.45) is 11.7 Å². The van der Waals surface area contributed by atoms with E-state index in [1.54, 1.807) is 0 Å². The van der Waals surface area contributed by atoms with E-state index in [0.717, 1.165) is 36.0 Å². The zero-order valence-electron chi connectivity index (χ0n) is 12.7. The Morgan fingerprint density at radius 2 is 2.09 bits per heavy atom. The van der Waals surface area contributed by atoms with Gasteiger partial charge in [0.15, 0.2) is 0 Å². The van der Waals surface area contributed by atoms with E-state index in [-0.39, 0.29) is 12.3 Å². The monoisotopic (exact) mass is 367 g/mol. The minimum Gasteiger partial charge on any atom is -0.352 e. The summed E-state index contributed by atoms with van der Waals surface area (Å²) in [5, 5.41) is 2.67. The fourth-order valence-electron chi connectivity index (χ4n) is 2.71. The Morgan fingerprint density at radius 1 is 1.41 bits per heavy atom. The molecule has 0 bridgehead atoms. The van der Waals surface area contributed by atoms with Crippen molar-refractivity contribution in [3.05, 3.63) is 34.3 Å². The number of benzene rings is 1. The normalized spacial score (nSPS) is 17.1. The maximum atomic E-state index is 12.5. The first-order valence-corrected chi connectivity index (χ1v) is 8.34. The summed E-state index contributed by atoms with van der Waals surface area (Å²) in [6, 6.07) is 6.54. The maximum Gasteiger partial charge on any atom is 0.312 e. The van der Waals surface area contributed by atoms with Gasteiger partial charge in [-0.2, -0.15) is 0 Å². The molecule has 0 saturated carbocycles. The van der Waals surface area contributed by atoms with Crippen LogP contribution in [0.5, 0.6) is 0 Å². The lowest BCUT2D eigenvalue weighted by atomic mass is 9.97. The van der Waals surface area contributed by atoms with E-state index in [1.165, 1.54) is 0 Å². The summed E-state index contributed by atoms with van der Waals surface area (Å²) in [7, 11) is 0. The van der Waals surface area contributed by atoms with Gasteiger partial charge in [-0.15, -0.1) is 0 Å². The highest BCUT2D eigenvalue weighted by molar-refractivity contribution is 9.10. The summed E-state index contributed by atoms with van der Waals surface area (Å²) in [6.45, 7) is 3.80. The van der Waals surface area contributed by atoms with Crippen LogP contribution in [0.25, 0.3) is 0 Å². The number of nitrogens with one attached hydrogen (secondary N) is 1. The molecular weight excluding hydrogens is 346 g/mol. The van der Waals surface area contributed by atoms with Crippen LogP contribution in [0.15, 0.2) is 28.7 Å². The average molecular weight is 368 g/mol. The Bertz CT molecular complexity index is 542. The number of rotatable bonds is 4. The maximum absolute atomic E-state index is 12.5. The number of carbonyl (C=O) groups excluding carboxylic acids is 2. The van der Waals surface area contributed by atoms with Crippen LogP contribution in [0.3, 0.4) is 0 Å². The molecule has 0 aliphatic carbocycles. The van der Waals surface area contributed by atoms with Gasteiger partial charge in [-0.25, -0.2) is 4.79 Å². The van der Waals surface area contributed by atoms with Crippen LogP contribution in [-0.4, -0.2) is 29.9 Å². The summed E-state index contributed by atoms with van der Waals surface area (Å²) >= 11 is 3.41. The molecule has 1 aromatic carbocycles. The number of likely N-dealkylation sites (tertiary alicyclic amines) is 1. The zero-order chi connectivity index (χ0) is 16.1. The molecule has 1 aromatic rings. The first-order chi connectivity index (χ1) is 10.5. The Morgan fingerprint density at radius 3 is 2.68 bits per heavy atom. The highest BCUT2D eigenvalue weighted by Crippen LogP contribution is 2.23. The van der Waals surface area contributed by atoms with Gasteiger partial charge in [0, 0.05) is 17.6 Å². The molecule has 1 unspecified atom stereocenters. The van der Waals surface area contributed by atoms with Crippen molar-refractivity contribution in [1.82, 2.24) is 10.2 Å². The molecule has 1 fully saturated rings. The summed E-state index contributed by atoms with van der Waals surface area (Å²) in [5.74, 6) is 0.735. The van der Waals surface area contributed by atoms with Gasteiger partial charge in [0.1, 0.15) is 0 Å². The standard InChI is InChI=1S/C16H22BrN3O2/c1-11-5-7-20(8-6-11)15(21)10-14(19-16(18)22)12-3-2-4-13(17)9-12/h2-4,9,11,14H,5-8,10H2,1H3,(H3,18,19,22). The fourth-order valence-corrected chi connectivity index (χ4v) is 3.13. The van der Waals surface area contributed by atoms with Crippen LogP contribution in [0.1, 0.15) is 37.8 Å². The first-order valence-electron chi connectivity index (χ1n) is 7.55. The molecule has 120 valence electrons. The number of amides is 3. The van der Waals surface area contributed by atoms with Crippen LogP contribution in [-0.2, 0) is 4.79 Å². The number of carbonyl (C=O) groups is 2. The summed E-state index contributed by atoms with van der Waals surface area (Å²) < 4.78 is 0.903. The number of hydrogen-bond donors (Lipinski definition) is 2. The third-order valence-electron chi connectivity index (χ3n) is 4.08. The number of piperidine rings is 1.